The van der Waals surface area contributed by atoms with Gasteiger partial charge in [-0.25, -0.2) is 0 Å². The second-order valence-corrected chi connectivity index (χ2v) is 4.36. The normalized spacial score (nSPS) is 15.5. The molecule has 0 amide bonds. The molecule has 4 heteroatoms. The van der Waals surface area contributed by atoms with Crippen molar-refractivity contribution in [3.05, 3.63) is 0 Å². The number of unbranched alkanes of at least 4 members (excludes halogenated alkanes) is 2. The molecule has 16 heavy (non-hydrogen) atoms. The Morgan fingerprint density at radius 3 is 2.44 bits per heavy atom. The summed E-state index contributed by atoms with van der Waals surface area (Å²) in [5.74, 6) is 1.96. The van der Waals surface area contributed by atoms with Crippen molar-refractivity contribution in [3.8, 4) is 0 Å². The van der Waals surface area contributed by atoms with E-state index in [1.807, 2.05) is 7.05 Å². The van der Waals surface area contributed by atoms with Gasteiger partial charge in [0.15, 0.2) is 5.96 Å². The van der Waals surface area contributed by atoms with Crippen molar-refractivity contribution >= 4 is 29.9 Å². The summed E-state index contributed by atoms with van der Waals surface area (Å²) < 4.78 is 0. The first kappa shape index (κ1) is 16.0. The van der Waals surface area contributed by atoms with E-state index in [1.54, 1.807) is 0 Å². The van der Waals surface area contributed by atoms with Crippen LogP contribution in [-0.2, 0) is 0 Å². The Bertz CT molecular complexity index is 191. The third kappa shape index (κ3) is 8.19. The van der Waals surface area contributed by atoms with Crippen molar-refractivity contribution in [3.63, 3.8) is 0 Å². The number of nitrogens with one attached hydrogen (secondary N) is 2. The van der Waals surface area contributed by atoms with Crippen molar-refractivity contribution in [1.82, 2.24) is 10.6 Å². The molecule has 1 fully saturated rings. The van der Waals surface area contributed by atoms with Gasteiger partial charge in [-0.1, -0.05) is 32.6 Å². The molecule has 0 aromatic heterocycles. The largest absolute Gasteiger partial charge is 0.356 e. The van der Waals surface area contributed by atoms with Crippen LogP contribution in [0.4, 0.5) is 0 Å². The van der Waals surface area contributed by atoms with Crippen LogP contribution in [0.25, 0.3) is 0 Å². The van der Waals surface area contributed by atoms with Gasteiger partial charge in [0.2, 0.25) is 0 Å². The molecule has 0 heterocycles. The van der Waals surface area contributed by atoms with Crippen molar-refractivity contribution < 1.29 is 0 Å². The fourth-order valence-corrected chi connectivity index (χ4v) is 1.60. The molecular weight excluding hydrogens is 313 g/mol. The van der Waals surface area contributed by atoms with E-state index < -0.39 is 0 Å². The van der Waals surface area contributed by atoms with Crippen LogP contribution in [0.2, 0.25) is 0 Å². The van der Waals surface area contributed by atoms with Crippen molar-refractivity contribution in [2.45, 2.75) is 45.4 Å². The minimum atomic E-state index is 0. The molecule has 0 saturated heterocycles. The lowest BCUT2D eigenvalue weighted by molar-refractivity contribution is 0.661. The van der Waals surface area contributed by atoms with Crippen LogP contribution in [0, 0.1) is 5.92 Å². The summed E-state index contributed by atoms with van der Waals surface area (Å²) in [6, 6.07) is 0. The van der Waals surface area contributed by atoms with Crippen LogP contribution in [0.3, 0.4) is 0 Å². The summed E-state index contributed by atoms with van der Waals surface area (Å²) in [6.45, 7) is 4.33. The summed E-state index contributed by atoms with van der Waals surface area (Å²) in [4.78, 5) is 4.20. The van der Waals surface area contributed by atoms with Gasteiger partial charge in [-0.15, -0.1) is 24.0 Å². The zero-order valence-electron chi connectivity index (χ0n) is 10.6. The molecule has 0 atom stereocenters. The molecule has 2 N–H and O–H groups in total. The maximum absolute atomic E-state index is 4.20. The van der Waals surface area contributed by atoms with Crippen molar-refractivity contribution in [2.75, 3.05) is 20.1 Å². The number of hydrogen-bond donors (Lipinski definition) is 2. The highest BCUT2D eigenvalue weighted by atomic mass is 127. The smallest absolute Gasteiger partial charge is 0.190 e. The minimum Gasteiger partial charge on any atom is -0.356 e. The van der Waals surface area contributed by atoms with E-state index in [1.165, 1.54) is 38.5 Å². The van der Waals surface area contributed by atoms with Crippen LogP contribution >= 0.6 is 24.0 Å². The quantitative estimate of drug-likeness (QED) is 0.324. The Hall–Kier alpha value is 0. The molecule has 1 saturated carbocycles. The second-order valence-electron chi connectivity index (χ2n) is 4.36. The van der Waals surface area contributed by atoms with Gasteiger partial charge in [-0.05, 0) is 18.8 Å². The van der Waals surface area contributed by atoms with Crippen molar-refractivity contribution in [2.24, 2.45) is 10.9 Å². The number of aliphatic imine (C=N–C) groups is 1. The van der Waals surface area contributed by atoms with Gasteiger partial charge in [0, 0.05) is 20.1 Å². The first-order valence-electron chi connectivity index (χ1n) is 6.31. The standard InChI is InChI=1S/C12H25N3.HI/c1-3-4-5-9-14-12(13-2)15-10-8-11-6-7-11;/h11H,3-10H2,1-2H3,(H2,13,14,15);1H. The predicted octanol–water partition coefficient (Wildman–Crippen LogP) is 2.76. The average Bonchev–Trinajstić information content (AvgIpc) is 3.05. The van der Waals surface area contributed by atoms with Crippen LogP contribution in [0.1, 0.15) is 45.4 Å². The van der Waals surface area contributed by atoms with Gasteiger partial charge in [0.25, 0.3) is 0 Å². The Balaban J connectivity index is 0.00000225. The molecular formula is C12H26IN3. The van der Waals surface area contributed by atoms with E-state index in [2.05, 4.69) is 22.5 Å². The zero-order valence-corrected chi connectivity index (χ0v) is 12.9. The van der Waals surface area contributed by atoms with Gasteiger partial charge in [0.1, 0.15) is 0 Å². The Morgan fingerprint density at radius 1 is 1.19 bits per heavy atom. The molecule has 0 aromatic carbocycles. The molecule has 0 aliphatic heterocycles. The number of hydrogen-bond acceptors (Lipinski definition) is 1. The van der Waals surface area contributed by atoms with E-state index in [0.717, 1.165) is 25.0 Å². The first-order chi connectivity index (χ1) is 7.36. The molecule has 96 valence electrons. The Kier molecular flexibility index (Phi) is 10.2. The lowest BCUT2D eigenvalue weighted by atomic mass is 10.2. The molecule has 1 aliphatic rings. The fourth-order valence-electron chi connectivity index (χ4n) is 1.60. The van der Waals surface area contributed by atoms with Gasteiger partial charge >= 0.3 is 0 Å². The summed E-state index contributed by atoms with van der Waals surface area (Å²) >= 11 is 0. The lowest BCUT2D eigenvalue weighted by Crippen LogP contribution is -2.38. The highest BCUT2D eigenvalue weighted by Crippen LogP contribution is 2.31. The SMILES string of the molecule is CCCCCNC(=NC)NCCC1CC1.I. The van der Waals surface area contributed by atoms with Gasteiger partial charge in [-0.3, -0.25) is 4.99 Å². The molecule has 0 spiro atoms. The maximum Gasteiger partial charge on any atom is 0.190 e. The summed E-state index contributed by atoms with van der Waals surface area (Å²) in [6.07, 6.45) is 7.98. The average molecular weight is 339 g/mol. The van der Waals surface area contributed by atoms with Crippen LogP contribution in [-0.4, -0.2) is 26.1 Å². The Labute approximate surface area is 117 Å². The summed E-state index contributed by atoms with van der Waals surface area (Å²) in [5, 5.41) is 6.69. The predicted molar refractivity (Wildman–Crippen MR) is 81.6 cm³/mol. The van der Waals surface area contributed by atoms with Gasteiger partial charge < -0.3 is 10.6 Å². The van der Waals surface area contributed by atoms with Crippen LogP contribution < -0.4 is 10.6 Å². The second kappa shape index (κ2) is 10.2. The van der Waals surface area contributed by atoms with Crippen LogP contribution in [0.5, 0.6) is 0 Å². The summed E-state index contributed by atoms with van der Waals surface area (Å²) in [7, 11) is 1.84. The molecule has 1 aliphatic carbocycles. The highest BCUT2D eigenvalue weighted by Gasteiger charge is 2.20. The number of halogens is 1. The third-order valence-electron chi connectivity index (χ3n) is 2.84. The summed E-state index contributed by atoms with van der Waals surface area (Å²) in [5.41, 5.74) is 0. The van der Waals surface area contributed by atoms with E-state index >= 15 is 0 Å². The lowest BCUT2D eigenvalue weighted by Gasteiger charge is -2.11. The number of guanidine groups is 1. The molecule has 3 nitrogen and oxygen atoms in total. The third-order valence-corrected chi connectivity index (χ3v) is 2.84. The minimum absolute atomic E-state index is 0. The molecule has 0 unspecified atom stereocenters. The van der Waals surface area contributed by atoms with Crippen molar-refractivity contribution in [1.29, 1.82) is 0 Å². The van der Waals surface area contributed by atoms with E-state index in [0.29, 0.717) is 0 Å². The molecule has 0 aromatic rings. The number of nitrogens with zero attached hydrogens (tertiary/aromatic N) is 1. The molecule has 0 radical (unpaired) electrons. The monoisotopic (exact) mass is 339 g/mol. The molecule has 0 bridgehead atoms. The maximum atomic E-state index is 4.20. The van der Waals surface area contributed by atoms with Gasteiger partial charge in [-0.2, -0.15) is 0 Å². The Morgan fingerprint density at radius 2 is 1.88 bits per heavy atom. The fraction of sp³-hybridized carbons (Fsp3) is 0.917. The first-order valence-corrected chi connectivity index (χ1v) is 6.31. The highest BCUT2D eigenvalue weighted by molar-refractivity contribution is 14.0. The molecule has 1 rings (SSSR count). The number of rotatable bonds is 7. The van der Waals surface area contributed by atoms with E-state index in [4.69, 9.17) is 0 Å². The zero-order chi connectivity index (χ0) is 10.9. The van der Waals surface area contributed by atoms with Gasteiger partial charge in [0.05, 0.1) is 0 Å². The van der Waals surface area contributed by atoms with Crippen LogP contribution in [0.15, 0.2) is 4.99 Å². The van der Waals surface area contributed by atoms with E-state index in [-0.39, 0.29) is 24.0 Å². The topological polar surface area (TPSA) is 36.4 Å². The van der Waals surface area contributed by atoms with E-state index in [9.17, 15) is 0 Å².